The zero-order chi connectivity index (χ0) is 9.97. The Morgan fingerprint density at radius 1 is 1.64 bits per heavy atom. The lowest BCUT2D eigenvalue weighted by atomic mass is 9.86. The van der Waals surface area contributed by atoms with Crippen LogP contribution in [0.5, 0.6) is 0 Å². The van der Waals surface area contributed by atoms with Gasteiger partial charge in [-0.3, -0.25) is 4.79 Å². The van der Waals surface area contributed by atoms with Crippen LogP contribution in [0.1, 0.15) is 24.3 Å². The first kappa shape index (κ1) is 9.68. The maximum Gasteiger partial charge on any atom is 0.321 e. The van der Waals surface area contributed by atoms with Crippen molar-refractivity contribution in [3.63, 3.8) is 0 Å². The second kappa shape index (κ2) is 4.11. The van der Waals surface area contributed by atoms with Crippen molar-refractivity contribution < 1.29 is 9.90 Å². The van der Waals surface area contributed by atoms with Crippen LogP contribution in [0.4, 0.5) is 0 Å². The van der Waals surface area contributed by atoms with E-state index in [4.69, 9.17) is 5.11 Å². The van der Waals surface area contributed by atoms with Gasteiger partial charge in [0.15, 0.2) is 0 Å². The summed E-state index contributed by atoms with van der Waals surface area (Å²) >= 11 is 1.63. The Kier molecular flexibility index (Phi) is 2.84. The van der Waals surface area contributed by atoms with Crippen molar-refractivity contribution in [1.29, 1.82) is 0 Å². The van der Waals surface area contributed by atoms with Crippen LogP contribution in [0.3, 0.4) is 0 Å². The molecule has 0 bridgehead atoms. The summed E-state index contributed by atoms with van der Waals surface area (Å²) in [5, 5.41) is 16.2. The van der Waals surface area contributed by atoms with E-state index in [2.05, 4.69) is 5.32 Å². The number of thiophene rings is 1. The predicted molar refractivity (Wildman–Crippen MR) is 55.7 cm³/mol. The molecule has 14 heavy (non-hydrogen) atoms. The van der Waals surface area contributed by atoms with Gasteiger partial charge in [-0.2, -0.15) is 11.3 Å². The van der Waals surface area contributed by atoms with Crippen LogP contribution in [0.15, 0.2) is 16.8 Å². The molecule has 2 heterocycles. The van der Waals surface area contributed by atoms with Crippen molar-refractivity contribution in [2.45, 2.75) is 24.8 Å². The van der Waals surface area contributed by atoms with Gasteiger partial charge in [-0.05, 0) is 41.8 Å². The van der Waals surface area contributed by atoms with Gasteiger partial charge >= 0.3 is 5.97 Å². The summed E-state index contributed by atoms with van der Waals surface area (Å²) < 4.78 is 0. The van der Waals surface area contributed by atoms with Gasteiger partial charge in [0.25, 0.3) is 0 Å². The molecular formula is C10H13NO2S. The molecule has 1 fully saturated rings. The van der Waals surface area contributed by atoms with E-state index in [0.717, 1.165) is 24.9 Å². The van der Waals surface area contributed by atoms with E-state index in [-0.39, 0.29) is 5.92 Å². The summed E-state index contributed by atoms with van der Waals surface area (Å²) in [7, 11) is 0. The van der Waals surface area contributed by atoms with Gasteiger partial charge in [-0.25, -0.2) is 0 Å². The van der Waals surface area contributed by atoms with Crippen molar-refractivity contribution in [2.24, 2.45) is 0 Å². The minimum absolute atomic E-state index is 0.146. The summed E-state index contributed by atoms with van der Waals surface area (Å²) in [6.07, 6.45) is 2.03. The van der Waals surface area contributed by atoms with Gasteiger partial charge in [-0.1, -0.05) is 0 Å². The molecule has 1 aliphatic heterocycles. The highest BCUT2D eigenvalue weighted by atomic mass is 32.1. The molecule has 0 aromatic carbocycles. The Bertz CT molecular complexity index is 310. The van der Waals surface area contributed by atoms with Gasteiger partial charge in [-0.15, -0.1) is 0 Å². The van der Waals surface area contributed by atoms with Crippen molar-refractivity contribution in [2.75, 3.05) is 6.54 Å². The van der Waals surface area contributed by atoms with Crippen LogP contribution in [0, 0.1) is 0 Å². The molecule has 1 aromatic heterocycles. The Balaban J connectivity index is 2.18. The topological polar surface area (TPSA) is 49.3 Å². The number of piperidine rings is 1. The van der Waals surface area contributed by atoms with Crippen LogP contribution in [-0.2, 0) is 4.79 Å². The average Bonchev–Trinajstić information content (AvgIpc) is 2.70. The maximum atomic E-state index is 11.0. The Morgan fingerprint density at radius 2 is 2.50 bits per heavy atom. The highest BCUT2D eigenvalue weighted by Gasteiger charge is 2.31. The fraction of sp³-hybridized carbons (Fsp3) is 0.500. The molecule has 1 aliphatic rings. The standard InChI is InChI=1S/C10H13NO2S/c12-10(13)9-8(2-1-4-11-9)7-3-5-14-6-7/h3,5-6,8-9,11H,1-2,4H2,(H,12,13). The quantitative estimate of drug-likeness (QED) is 0.782. The smallest absolute Gasteiger partial charge is 0.321 e. The Labute approximate surface area is 86.8 Å². The zero-order valence-electron chi connectivity index (χ0n) is 7.77. The van der Waals surface area contributed by atoms with Crippen LogP contribution in [0.25, 0.3) is 0 Å². The lowest BCUT2D eigenvalue weighted by Gasteiger charge is -2.29. The zero-order valence-corrected chi connectivity index (χ0v) is 8.59. The molecule has 2 rings (SSSR count). The molecule has 4 heteroatoms. The number of rotatable bonds is 2. The first-order valence-corrected chi connectivity index (χ1v) is 5.71. The molecule has 0 amide bonds. The monoisotopic (exact) mass is 211 g/mol. The van der Waals surface area contributed by atoms with E-state index < -0.39 is 12.0 Å². The van der Waals surface area contributed by atoms with Gasteiger partial charge < -0.3 is 10.4 Å². The van der Waals surface area contributed by atoms with Crippen LogP contribution < -0.4 is 5.32 Å². The molecule has 2 unspecified atom stereocenters. The molecule has 0 spiro atoms. The van der Waals surface area contributed by atoms with E-state index in [9.17, 15) is 4.79 Å². The summed E-state index contributed by atoms with van der Waals surface area (Å²) in [4.78, 5) is 11.0. The second-order valence-electron chi connectivity index (χ2n) is 3.58. The molecule has 0 aliphatic carbocycles. The second-order valence-corrected chi connectivity index (χ2v) is 4.36. The van der Waals surface area contributed by atoms with Gasteiger partial charge in [0.05, 0.1) is 0 Å². The Morgan fingerprint density at radius 3 is 3.14 bits per heavy atom. The van der Waals surface area contributed by atoms with Crippen molar-refractivity contribution >= 4 is 17.3 Å². The SMILES string of the molecule is O=C(O)C1NCCCC1c1ccsc1. The summed E-state index contributed by atoms with van der Waals surface area (Å²) in [5.41, 5.74) is 1.16. The third-order valence-electron chi connectivity index (χ3n) is 2.70. The molecule has 2 atom stereocenters. The van der Waals surface area contributed by atoms with E-state index in [1.165, 1.54) is 0 Å². The molecular weight excluding hydrogens is 198 g/mol. The normalized spacial score (nSPS) is 27.4. The van der Waals surface area contributed by atoms with Crippen LogP contribution in [0.2, 0.25) is 0 Å². The summed E-state index contributed by atoms with van der Waals surface area (Å²) in [6, 6.07) is 1.62. The van der Waals surface area contributed by atoms with Crippen molar-refractivity contribution in [3.05, 3.63) is 22.4 Å². The fourth-order valence-electron chi connectivity index (χ4n) is 1.99. The lowest BCUT2D eigenvalue weighted by molar-refractivity contribution is -0.140. The minimum Gasteiger partial charge on any atom is -0.480 e. The molecule has 2 N–H and O–H groups in total. The number of hydrogen-bond donors (Lipinski definition) is 2. The minimum atomic E-state index is -0.735. The van der Waals surface area contributed by atoms with E-state index in [0.29, 0.717) is 0 Å². The fourth-order valence-corrected chi connectivity index (χ4v) is 2.72. The number of nitrogens with one attached hydrogen (secondary N) is 1. The van der Waals surface area contributed by atoms with Gasteiger partial charge in [0, 0.05) is 5.92 Å². The average molecular weight is 211 g/mol. The number of carbonyl (C=O) groups is 1. The van der Waals surface area contributed by atoms with Gasteiger partial charge in [0.2, 0.25) is 0 Å². The third kappa shape index (κ3) is 1.81. The predicted octanol–water partition coefficient (Wildman–Crippen LogP) is 1.67. The number of carboxylic acids is 1. The van der Waals surface area contributed by atoms with Gasteiger partial charge in [0.1, 0.15) is 6.04 Å². The third-order valence-corrected chi connectivity index (χ3v) is 3.40. The van der Waals surface area contributed by atoms with E-state index in [1.54, 1.807) is 11.3 Å². The molecule has 1 saturated heterocycles. The number of carboxylic acid groups (broad SMARTS) is 1. The molecule has 0 saturated carbocycles. The number of aliphatic carboxylic acids is 1. The first-order chi connectivity index (χ1) is 6.79. The molecule has 1 aromatic rings. The molecule has 76 valence electrons. The van der Waals surface area contributed by atoms with E-state index in [1.807, 2.05) is 16.8 Å². The highest BCUT2D eigenvalue weighted by molar-refractivity contribution is 7.08. The maximum absolute atomic E-state index is 11.0. The molecule has 3 nitrogen and oxygen atoms in total. The largest absolute Gasteiger partial charge is 0.480 e. The lowest BCUT2D eigenvalue weighted by Crippen LogP contribution is -2.45. The van der Waals surface area contributed by atoms with E-state index >= 15 is 0 Å². The van der Waals surface area contributed by atoms with Crippen LogP contribution >= 0.6 is 11.3 Å². The highest BCUT2D eigenvalue weighted by Crippen LogP contribution is 2.29. The number of hydrogen-bond acceptors (Lipinski definition) is 3. The molecule has 0 radical (unpaired) electrons. The summed E-state index contributed by atoms with van der Waals surface area (Å²) in [5.74, 6) is -0.589. The Hall–Kier alpha value is -0.870. The van der Waals surface area contributed by atoms with Crippen molar-refractivity contribution in [1.82, 2.24) is 5.32 Å². The van der Waals surface area contributed by atoms with Crippen LogP contribution in [-0.4, -0.2) is 23.7 Å². The summed E-state index contributed by atoms with van der Waals surface area (Å²) in [6.45, 7) is 0.817. The first-order valence-electron chi connectivity index (χ1n) is 4.77. The van der Waals surface area contributed by atoms with Crippen molar-refractivity contribution in [3.8, 4) is 0 Å².